The average molecular weight is 286 g/mol. The minimum Gasteiger partial charge on any atom is -0.496 e. The van der Waals surface area contributed by atoms with Gasteiger partial charge in [-0.05, 0) is 36.4 Å². The van der Waals surface area contributed by atoms with Crippen LogP contribution in [0.1, 0.15) is 21.5 Å². The summed E-state index contributed by atoms with van der Waals surface area (Å²) in [5.41, 5.74) is 2.31. The molecule has 1 aromatic heterocycles. The van der Waals surface area contributed by atoms with Crippen LogP contribution in [0.5, 0.6) is 5.75 Å². The van der Waals surface area contributed by atoms with Gasteiger partial charge in [0.05, 0.1) is 7.11 Å². The fourth-order valence-electron chi connectivity index (χ4n) is 2.18. The fourth-order valence-corrected chi connectivity index (χ4v) is 2.18. The van der Waals surface area contributed by atoms with Crippen molar-refractivity contribution in [2.24, 2.45) is 0 Å². The van der Waals surface area contributed by atoms with Gasteiger partial charge in [-0.15, -0.1) is 0 Å². The van der Waals surface area contributed by atoms with Gasteiger partial charge in [0.15, 0.2) is 0 Å². The Bertz CT molecular complexity index is 614. The van der Waals surface area contributed by atoms with Gasteiger partial charge < -0.3 is 9.84 Å². The van der Waals surface area contributed by atoms with Gasteiger partial charge >= 0.3 is 5.97 Å². The molecular formula is C16H18N2O3. The fraction of sp³-hybridized carbons (Fsp3) is 0.250. The van der Waals surface area contributed by atoms with E-state index in [1.165, 1.54) is 7.11 Å². The Labute approximate surface area is 123 Å². The van der Waals surface area contributed by atoms with Crippen LogP contribution in [0.25, 0.3) is 0 Å². The van der Waals surface area contributed by atoms with Crippen molar-refractivity contribution < 1.29 is 14.6 Å². The number of benzene rings is 1. The zero-order chi connectivity index (χ0) is 15.2. The van der Waals surface area contributed by atoms with Crippen molar-refractivity contribution in [3.05, 3.63) is 59.4 Å². The summed E-state index contributed by atoms with van der Waals surface area (Å²) in [6.45, 7) is 1.47. The highest BCUT2D eigenvalue weighted by atomic mass is 16.5. The van der Waals surface area contributed by atoms with Gasteiger partial charge in [-0.2, -0.15) is 0 Å². The second-order valence-corrected chi connectivity index (χ2v) is 4.87. The van der Waals surface area contributed by atoms with Crippen molar-refractivity contribution in [2.75, 3.05) is 14.2 Å². The predicted octanol–water partition coefficient (Wildman–Crippen LogP) is 2.42. The molecule has 1 N–H and O–H groups in total. The van der Waals surface area contributed by atoms with Crippen LogP contribution in [-0.2, 0) is 13.1 Å². The number of carboxylic acid groups (broad SMARTS) is 1. The van der Waals surface area contributed by atoms with Crippen molar-refractivity contribution in [1.29, 1.82) is 0 Å². The van der Waals surface area contributed by atoms with Crippen molar-refractivity contribution in [3.63, 3.8) is 0 Å². The number of hydrogen-bond donors (Lipinski definition) is 1. The highest BCUT2D eigenvalue weighted by Crippen LogP contribution is 2.21. The molecule has 0 radical (unpaired) electrons. The van der Waals surface area contributed by atoms with E-state index in [1.54, 1.807) is 18.3 Å². The summed E-state index contributed by atoms with van der Waals surface area (Å²) in [5, 5.41) is 9.07. The Balaban J connectivity index is 2.07. The molecule has 0 saturated carbocycles. The second-order valence-electron chi connectivity index (χ2n) is 4.87. The standard InChI is InChI=1S/C16H18N2O3/c1-18(11-13-4-3-7-17-9-13)10-12-5-6-14(16(19)20)15(8-12)21-2/h3-9H,10-11H2,1-2H3,(H,19,20). The predicted molar refractivity (Wildman–Crippen MR) is 79.4 cm³/mol. The molecule has 0 bridgehead atoms. The molecule has 0 aliphatic heterocycles. The molecule has 0 aliphatic carbocycles. The lowest BCUT2D eigenvalue weighted by Crippen LogP contribution is -2.17. The van der Waals surface area contributed by atoms with E-state index < -0.39 is 5.97 Å². The van der Waals surface area contributed by atoms with Gasteiger partial charge in [-0.25, -0.2) is 4.79 Å². The molecule has 0 unspecified atom stereocenters. The van der Waals surface area contributed by atoms with Crippen molar-refractivity contribution in [2.45, 2.75) is 13.1 Å². The van der Waals surface area contributed by atoms with Gasteiger partial charge in [-0.1, -0.05) is 12.1 Å². The molecule has 110 valence electrons. The summed E-state index contributed by atoms with van der Waals surface area (Å²) >= 11 is 0. The number of hydrogen-bond acceptors (Lipinski definition) is 4. The number of carboxylic acids is 1. The minimum atomic E-state index is -0.984. The summed E-state index contributed by atoms with van der Waals surface area (Å²) in [6, 6.07) is 9.09. The smallest absolute Gasteiger partial charge is 0.339 e. The van der Waals surface area contributed by atoms with Crippen LogP contribution in [-0.4, -0.2) is 35.1 Å². The van der Waals surface area contributed by atoms with Gasteiger partial charge in [-0.3, -0.25) is 9.88 Å². The summed E-state index contributed by atoms with van der Waals surface area (Å²) in [7, 11) is 3.48. The monoisotopic (exact) mass is 286 g/mol. The van der Waals surface area contributed by atoms with Crippen LogP contribution in [0.4, 0.5) is 0 Å². The van der Waals surface area contributed by atoms with Crippen LogP contribution >= 0.6 is 0 Å². The number of nitrogens with zero attached hydrogens (tertiary/aromatic N) is 2. The SMILES string of the molecule is COc1cc(CN(C)Cc2cccnc2)ccc1C(=O)O. The van der Waals surface area contributed by atoms with Crippen LogP contribution in [0.3, 0.4) is 0 Å². The first-order valence-corrected chi connectivity index (χ1v) is 6.58. The van der Waals surface area contributed by atoms with Gasteiger partial charge in [0.25, 0.3) is 0 Å². The molecule has 2 rings (SSSR count). The molecule has 5 nitrogen and oxygen atoms in total. The lowest BCUT2D eigenvalue weighted by molar-refractivity contribution is 0.0693. The number of aromatic carboxylic acids is 1. The quantitative estimate of drug-likeness (QED) is 0.883. The molecule has 0 aliphatic rings. The molecule has 0 atom stereocenters. The lowest BCUT2D eigenvalue weighted by atomic mass is 10.1. The first-order chi connectivity index (χ1) is 10.1. The van der Waals surface area contributed by atoms with E-state index in [2.05, 4.69) is 9.88 Å². The third kappa shape index (κ3) is 4.03. The van der Waals surface area contributed by atoms with E-state index in [0.717, 1.165) is 17.7 Å². The summed E-state index contributed by atoms with van der Waals surface area (Å²) in [6.07, 6.45) is 3.59. The molecule has 5 heteroatoms. The normalized spacial score (nSPS) is 10.6. The molecule has 2 aromatic rings. The number of ether oxygens (including phenoxy) is 1. The number of pyridine rings is 1. The van der Waals surface area contributed by atoms with Gasteiger partial charge in [0, 0.05) is 25.5 Å². The maximum atomic E-state index is 11.1. The molecule has 21 heavy (non-hydrogen) atoms. The first kappa shape index (κ1) is 15.0. The maximum absolute atomic E-state index is 11.1. The lowest BCUT2D eigenvalue weighted by Gasteiger charge is -2.17. The number of aromatic nitrogens is 1. The topological polar surface area (TPSA) is 62.7 Å². The van der Waals surface area contributed by atoms with Crippen LogP contribution in [0.2, 0.25) is 0 Å². The first-order valence-electron chi connectivity index (χ1n) is 6.58. The van der Waals surface area contributed by atoms with Crippen molar-refractivity contribution >= 4 is 5.97 Å². The Morgan fingerprint density at radius 2 is 2.05 bits per heavy atom. The van der Waals surface area contributed by atoms with Crippen molar-refractivity contribution in [3.8, 4) is 5.75 Å². The van der Waals surface area contributed by atoms with E-state index in [9.17, 15) is 4.79 Å². The highest BCUT2D eigenvalue weighted by Gasteiger charge is 2.12. The summed E-state index contributed by atoms with van der Waals surface area (Å²) in [5.74, 6) is -0.600. The summed E-state index contributed by atoms with van der Waals surface area (Å²) < 4.78 is 5.14. The molecule has 1 heterocycles. The minimum absolute atomic E-state index is 0.177. The summed E-state index contributed by atoms with van der Waals surface area (Å²) in [4.78, 5) is 17.3. The Morgan fingerprint density at radius 3 is 2.67 bits per heavy atom. The van der Waals surface area contributed by atoms with E-state index in [1.807, 2.05) is 31.4 Å². The van der Waals surface area contributed by atoms with E-state index in [-0.39, 0.29) is 5.56 Å². The van der Waals surface area contributed by atoms with Crippen LogP contribution in [0.15, 0.2) is 42.7 Å². The number of rotatable bonds is 6. The van der Waals surface area contributed by atoms with Crippen molar-refractivity contribution in [1.82, 2.24) is 9.88 Å². The highest BCUT2D eigenvalue weighted by molar-refractivity contribution is 5.90. The van der Waals surface area contributed by atoms with Gasteiger partial charge in [0.2, 0.25) is 0 Å². The maximum Gasteiger partial charge on any atom is 0.339 e. The average Bonchev–Trinajstić information content (AvgIpc) is 2.47. The van der Waals surface area contributed by atoms with E-state index >= 15 is 0 Å². The second kappa shape index (κ2) is 6.85. The Morgan fingerprint density at radius 1 is 1.29 bits per heavy atom. The molecule has 0 fully saturated rings. The molecule has 0 amide bonds. The molecule has 0 saturated heterocycles. The van der Waals surface area contributed by atoms with E-state index in [4.69, 9.17) is 9.84 Å². The Hall–Kier alpha value is -2.40. The number of carbonyl (C=O) groups is 1. The van der Waals surface area contributed by atoms with Gasteiger partial charge in [0.1, 0.15) is 11.3 Å². The number of methoxy groups -OCH3 is 1. The molecule has 0 spiro atoms. The zero-order valence-corrected chi connectivity index (χ0v) is 12.1. The third-order valence-corrected chi connectivity index (χ3v) is 3.12. The molecule has 1 aromatic carbocycles. The Kier molecular flexibility index (Phi) is 4.90. The molecular weight excluding hydrogens is 268 g/mol. The third-order valence-electron chi connectivity index (χ3n) is 3.12. The largest absolute Gasteiger partial charge is 0.496 e. The zero-order valence-electron chi connectivity index (χ0n) is 12.1. The van der Waals surface area contributed by atoms with E-state index in [0.29, 0.717) is 12.3 Å². The van der Waals surface area contributed by atoms with Crippen LogP contribution in [0, 0.1) is 0 Å². The van der Waals surface area contributed by atoms with Crippen LogP contribution < -0.4 is 4.74 Å².